The van der Waals surface area contributed by atoms with Crippen LogP contribution in [-0.4, -0.2) is 22.5 Å². The van der Waals surface area contributed by atoms with Gasteiger partial charge in [-0.3, -0.25) is 0 Å². The molecule has 104 valence electrons. The Kier molecular flexibility index (Phi) is 4.53. The van der Waals surface area contributed by atoms with Crippen molar-refractivity contribution in [2.45, 2.75) is 13.8 Å². The first-order valence-electron chi connectivity index (χ1n) is 4.45. The number of hydrogen-bond donors (Lipinski definition) is 0. The Labute approximate surface area is 96.7 Å². The van der Waals surface area contributed by atoms with Crippen molar-refractivity contribution in [2.75, 3.05) is 13.2 Å². The number of halogens is 5. The molecule has 1 aliphatic rings. The summed E-state index contributed by atoms with van der Waals surface area (Å²) in [5, 5.41) is 0. The van der Waals surface area contributed by atoms with Crippen LogP contribution in [0.4, 0.5) is 21.3 Å². The molecule has 0 N–H and O–H groups in total. The fourth-order valence-electron chi connectivity index (χ4n) is 0.999. The van der Waals surface area contributed by atoms with E-state index in [1.807, 2.05) is 0 Å². The van der Waals surface area contributed by atoms with E-state index in [9.17, 15) is 21.3 Å². The Morgan fingerprint density at radius 2 is 1.88 bits per heavy atom. The molecule has 0 fully saturated rings. The zero-order valence-corrected chi connectivity index (χ0v) is 11.6. The predicted octanol–water partition coefficient (Wildman–Crippen LogP) is 4.94. The van der Waals surface area contributed by atoms with Crippen molar-refractivity contribution >= 4 is 24.5 Å². The second-order valence-electron chi connectivity index (χ2n) is 2.76. The van der Waals surface area contributed by atoms with Gasteiger partial charge in [-0.25, -0.2) is 0 Å². The third-order valence-electron chi connectivity index (χ3n) is 1.60. The Balaban J connectivity index is 3.23. The minimum absolute atomic E-state index is 0.188. The molecular formula is C4H11F5N3O2P3. The van der Waals surface area contributed by atoms with Crippen LogP contribution in [0.3, 0.4) is 0 Å². The van der Waals surface area contributed by atoms with E-state index in [4.69, 9.17) is 0 Å². The first-order chi connectivity index (χ1) is 7.68. The van der Waals surface area contributed by atoms with E-state index < -0.39 is 35.7 Å². The van der Waals surface area contributed by atoms with Crippen molar-refractivity contribution in [3.05, 3.63) is 0 Å². The average Bonchev–Trinajstić information content (AvgIpc) is 2.21. The minimum atomic E-state index is -7.01. The molecule has 0 spiro atoms. The van der Waals surface area contributed by atoms with E-state index in [1.165, 1.54) is 6.92 Å². The predicted molar refractivity (Wildman–Crippen MR) is 57.1 cm³/mol. The first kappa shape index (κ1) is 15.6. The molecule has 0 aromatic heterocycles. The molecule has 0 aliphatic carbocycles. The van der Waals surface area contributed by atoms with E-state index in [1.54, 1.807) is 0 Å². The summed E-state index contributed by atoms with van der Waals surface area (Å²) in [6.07, 6.45) is 0. The van der Waals surface area contributed by atoms with Gasteiger partial charge in [-0.2, -0.15) is 0 Å². The third kappa shape index (κ3) is 2.63. The normalized spacial score (nSPS) is 31.6. The van der Waals surface area contributed by atoms with Crippen molar-refractivity contribution in [1.82, 2.24) is 9.27 Å². The van der Waals surface area contributed by atoms with Crippen LogP contribution in [0.1, 0.15) is 13.8 Å². The van der Waals surface area contributed by atoms with E-state index >= 15 is 0 Å². The van der Waals surface area contributed by atoms with E-state index in [0.29, 0.717) is 0 Å². The van der Waals surface area contributed by atoms with Gasteiger partial charge in [-0.05, 0) is 0 Å². The molecule has 0 saturated carbocycles. The molecule has 0 bridgehead atoms. The summed E-state index contributed by atoms with van der Waals surface area (Å²) in [6, 6.07) is 0. The summed E-state index contributed by atoms with van der Waals surface area (Å²) < 4.78 is 72.0. The summed E-state index contributed by atoms with van der Waals surface area (Å²) >= 11 is 0. The topological polar surface area (TPSA) is 37.3 Å². The molecule has 5 nitrogen and oxygen atoms in total. The van der Waals surface area contributed by atoms with E-state index in [-0.39, 0.29) is 11.2 Å². The van der Waals surface area contributed by atoms with Gasteiger partial charge >= 0.3 is 95.9 Å². The van der Waals surface area contributed by atoms with Crippen LogP contribution in [-0.2, 0) is 9.36 Å². The van der Waals surface area contributed by atoms with Gasteiger partial charge in [0.05, 0.1) is 0 Å². The molecule has 1 unspecified atom stereocenters. The molecule has 1 atom stereocenters. The molecular weight excluding hydrogens is 310 g/mol. The van der Waals surface area contributed by atoms with Crippen molar-refractivity contribution in [2.24, 2.45) is 4.52 Å². The number of nitrogens with zero attached hydrogens (tertiary/aromatic N) is 3. The Hall–Kier alpha value is 0.580. The molecule has 13 heteroatoms. The van der Waals surface area contributed by atoms with Gasteiger partial charge in [0.2, 0.25) is 0 Å². The SMILES string of the molecule is CCON1PN=P(F)(F)N(F)P1(F)(F)OCC. The molecule has 0 aromatic carbocycles. The zero-order valence-electron chi connectivity index (χ0n) is 8.86. The van der Waals surface area contributed by atoms with Gasteiger partial charge < -0.3 is 0 Å². The summed E-state index contributed by atoms with van der Waals surface area (Å²) in [5.41, 5.74) is 0. The fourth-order valence-corrected chi connectivity index (χ4v) is 6.97. The van der Waals surface area contributed by atoms with Crippen LogP contribution in [0, 0.1) is 0 Å². The second kappa shape index (κ2) is 4.93. The summed E-state index contributed by atoms with van der Waals surface area (Å²) in [7, 11) is -14.2. The van der Waals surface area contributed by atoms with Crippen LogP contribution in [0.2, 0.25) is 0 Å². The summed E-state index contributed by atoms with van der Waals surface area (Å²) in [6.45, 7) is 1.65. The van der Waals surface area contributed by atoms with Gasteiger partial charge in [0.15, 0.2) is 0 Å². The van der Waals surface area contributed by atoms with Crippen molar-refractivity contribution < 1.29 is 30.6 Å². The third-order valence-corrected chi connectivity index (χ3v) is 8.28. The van der Waals surface area contributed by atoms with Crippen molar-refractivity contribution in [3.8, 4) is 0 Å². The van der Waals surface area contributed by atoms with Crippen LogP contribution in [0.15, 0.2) is 4.52 Å². The van der Waals surface area contributed by atoms with Gasteiger partial charge in [0.25, 0.3) is 0 Å². The summed E-state index contributed by atoms with van der Waals surface area (Å²) in [5.74, 6) is 0. The summed E-state index contributed by atoms with van der Waals surface area (Å²) in [4.78, 5) is 4.46. The van der Waals surface area contributed by atoms with E-state index in [0.717, 1.165) is 6.92 Å². The van der Waals surface area contributed by atoms with Gasteiger partial charge in [-0.1, -0.05) is 0 Å². The Bertz CT molecular complexity index is 351. The van der Waals surface area contributed by atoms with Gasteiger partial charge in [0, 0.05) is 0 Å². The molecule has 1 rings (SSSR count). The molecule has 0 radical (unpaired) electrons. The Morgan fingerprint density at radius 1 is 1.29 bits per heavy atom. The van der Waals surface area contributed by atoms with Crippen molar-refractivity contribution in [1.29, 1.82) is 0 Å². The molecule has 1 aliphatic heterocycles. The number of rotatable bonds is 4. The maximum atomic E-state index is 14.1. The molecule has 1 heterocycles. The second-order valence-corrected chi connectivity index (χ2v) is 8.61. The molecule has 0 saturated heterocycles. The quantitative estimate of drug-likeness (QED) is 0.418. The Morgan fingerprint density at radius 3 is 2.35 bits per heavy atom. The standard InChI is InChI=1S/C4H11F5N3O2P3/c1-3-13-12-15-10-16(6,7)11(5)17(12,8,9)14-4-2/h15H,3-4H2,1-2H3. The zero-order chi connectivity index (χ0) is 13.3. The molecule has 0 aromatic rings. The fraction of sp³-hybridized carbons (Fsp3) is 1.00. The van der Waals surface area contributed by atoms with E-state index in [2.05, 4.69) is 13.9 Å². The first-order valence-corrected chi connectivity index (χ1v) is 8.66. The van der Waals surface area contributed by atoms with Crippen molar-refractivity contribution in [3.63, 3.8) is 0 Å². The van der Waals surface area contributed by atoms with Gasteiger partial charge in [0.1, 0.15) is 0 Å². The monoisotopic (exact) mass is 321 g/mol. The average molecular weight is 321 g/mol. The molecule has 17 heavy (non-hydrogen) atoms. The van der Waals surface area contributed by atoms with Gasteiger partial charge in [-0.15, -0.1) is 0 Å². The molecule has 0 amide bonds. The van der Waals surface area contributed by atoms with Crippen LogP contribution in [0.5, 0.6) is 0 Å². The maximum absolute atomic E-state index is 14.1. The van der Waals surface area contributed by atoms with Crippen LogP contribution < -0.4 is 0 Å². The van der Waals surface area contributed by atoms with Crippen LogP contribution >= 0.6 is 24.5 Å². The van der Waals surface area contributed by atoms with Crippen LogP contribution in [0.25, 0.3) is 0 Å². The number of hydrogen-bond acceptors (Lipinski definition) is 5.